The second kappa shape index (κ2) is 3.69. The van der Waals surface area contributed by atoms with Crippen LogP contribution in [-0.4, -0.2) is 18.1 Å². The van der Waals surface area contributed by atoms with Crippen molar-refractivity contribution in [2.45, 2.75) is 0 Å². The first-order valence-electron chi connectivity index (χ1n) is 4.55. The number of hydrogen-bond acceptors (Lipinski definition) is 4. The summed E-state index contributed by atoms with van der Waals surface area (Å²) in [5.74, 6) is -1.01. The zero-order valence-electron chi connectivity index (χ0n) is 8.44. The fourth-order valence-corrected chi connectivity index (χ4v) is 1.53. The Morgan fingerprint density at radius 3 is 2.81 bits per heavy atom. The first-order valence-corrected chi connectivity index (χ1v) is 4.55. The number of benzene rings is 1. The van der Waals surface area contributed by atoms with Crippen LogP contribution in [-0.2, 0) is 0 Å². The van der Waals surface area contributed by atoms with E-state index in [1.165, 1.54) is 7.11 Å². The second-order valence-corrected chi connectivity index (χ2v) is 3.22. The van der Waals surface area contributed by atoms with Crippen LogP contribution < -0.4 is 15.3 Å². The molecule has 16 heavy (non-hydrogen) atoms. The average molecular weight is 218 g/mol. The predicted octanol–water partition coefficient (Wildman–Crippen LogP) is -0.0998. The Bertz CT molecular complexity index is 615. The van der Waals surface area contributed by atoms with Gasteiger partial charge in [0.05, 0.1) is 24.3 Å². The molecule has 2 rings (SSSR count). The number of para-hydroxylation sites is 1. The number of carbonyl (C=O) groups excluding carboxylic acids is 1. The molecule has 0 aliphatic carbocycles. The number of fused-ring (bicyclic) bond motifs is 1. The van der Waals surface area contributed by atoms with Gasteiger partial charge in [0.2, 0.25) is 0 Å². The molecule has 0 saturated carbocycles. The fraction of sp³-hybridized carbons (Fsp3) is 0.0909. The third kappa shape index (κ3) is 1.52. The van der Waals surface area contributed by atoms with Gasteiger partial charge in [0.15, 0.2) is 5.43 Å². The molecule has 0 aliphatic heterocycles. The fourth-order valence-electron chi connectivity index (χ4n) is 1.53. The average Bonchev–Trinajstić information content (AvgIpc) is 2.28. The third-order valence-corrected chi connectivity index (χ3v) is 2.27. The molecule has 0 radical (unpaired) electrons. The predicted molar refractivity (Wildman–Crippen MR) is 55.5 cm³/mol. The first-order chi connectivity index (χ1) is 7.63. The summed E-state index contributed by atoms with van der Waals surface area (Å²) < 4.78 is 5.03. The Kier molecular flexibility index (Phi) is 2.36. The molecule has 0 unspecified atom stereocenters. The lowest BCUT2D eigenvalue weighted by Gasteiger charge is -2.08. The van der Waals surface area contributed by atoms with Crippen LogP contribution in [0, 0.1) is 0 Å². The summed E-state index contributed by atoms with van der Waals surface area (Å²) in [6.07, 6.45) is 0. The Morgan fingerprint density at radius 1 is 1.44 bits per heavy atom. The summed E-state index contributed by atoms with van der Waals surface area (Å²) in [5, 5.41) is 11.1. The monoisotopic (exact) mass is 218 g/mol. The number of carboxylic acid groups (broad SMARTS) is 1. The van der Waals surface area contributed by atoms with Gasteiger partial charge in [-0.3, -0.25) is 4.79 Å². The van der Waals surface area contributed by atoms with E-state index >= 15 is 0 Å². The molecule has 1 heterocycles. The zero-order chi connectivity index (χ0) is 11.7. The van der Waals surface area contributed by atoms with E-state index in [9.17, 15) is 14.7 Å². The maximum atomic E-state index is 11.6. The van der Waals surface area contributed by atoms with Crippen molar-refractivity contribution < 1.29 is 14.6 Å². The zero-order valence-corrected chi connectivity index (χ0v) is 8.44. The molecule has 0 spiro atoms. The minimum absolute atomic E-state index is 0.262. The normalized spacial score (nSPS) is 10.3. The van der Waals surface area contributed by atoms with Crippen molar-refractivity contribution in [1.29, 1.82) is 0 Å². The highest BCUT2D eigenvalue weighted by Crippen LogP contribution is 2.20. The van der Waals surface area contributed by atoms with Crippen molar-refractivity contribution in [2.75, 3.05) is 7.11 Å². The number of ether oxygens (including phenoxy) is 1. The van der Waals surface area contributed by atoms with E-state index in [2.05, 4.69) is 4.98 Å². The van der Waals surface area contributed by atoms with Gasteiger partial charge < -0.3 is 19.6 Å². The maximum absolute atomic E-state index is 11.6. The molecule has 82 valence electrons. The van der Waals surface area contributed by atoms with Crippen molar-refractivity contribution in [3.05, 3.63) is 40.2 Å². The Morgan fingerprint density at radius 2 is 2.19 bits per heavy atom. The smallest absolute Gasteiger partial charge is 0.190 e. The molecule has 5 nitrogen and oxygen atoms in total. The molecule has 2 aromatic rings. The minimum atomic E-state index is -1.43. The topological polar surface area (TPSA) is 82.2 Å². The van der Waals surface area contributed by atoms with Crippen LogP contribution in [0.1, 0.15) is 10.5 Å². The lowest BCUT2D eigenvalue weighted by Crippen LogP contribution is -2.25. The van der Waals surface area contributed by atoms with Crippen LogP contribution in [0.4, 0.5) is 0 Å². The second-order valence-electron chi connectivity index (χ2n) is 3.22. The Labute approximate surface area is 90.3 Å². The lowest BCUT2D eigenvalue weighted by atomic mass is 10.2. The number of carbonyl (C=O) groups is 1. The van der Waals surface area contributed by atoms with Crippen LogP contribution in [0.5, 0.6) is 5.75 Å². The largest absolute Gasteiger partial charge is 0.543 e. The molecule has 0 fully saturated rings. The van der Waals surface area contributed by atoms with E-state index in [1.807, 2.05) is 0 Å². The Balaban J connectivity index is 2.88. The SMILES string of the molecule is COc1cccc2c(=O)cc(C(=O)[O-])[nH]c12. The number of H-pyrrole nitrogens is 1. The molecular weight excluding hydrogens is 210 g/mol. The summed E-state index contributed by atoms with van der Waals surface area (Å²) in [7, 11) is 1.44. The molecule has 0 saturated heterocycles. The van der Waals surface area contributed by atoms with Gasteiger partial charge in [0, 0.05) is 11.5 Å². The van der Waals surface area contributed by atoms with Gasteiger partial charge in [-0.1, -0.05) is 6.07 Å². The maximum Gasteiger partial charge on any atom is 0.190 e. The number of carboxylic acids is 1. The quantitative estimate of drug-likeness (QED) is 0.763. The van der Waals surface area contributed by atoms with E-state index in [-0.39, 0.29) is 11.1 Å². The van der Waals surface area contributed by atoms with Crippen LogP contribution in [0.3, 0.4) is 0 Å². The molecule has 0 bridgehead atoms. The van der Waals surface area contributed by atoms with Crippen molar-refractivity contribution in [1.82, 2.24) is 4.98 Å². The lowest BCUT2D eigenvalue weighted by molar-refractivity contribution is -0.255. The molecule has 5 heteroatoms. The van der Waals surface area contributed by atoms with Gasteiger partial charge in [-0.05, 0) is 12.1 Å². The van der Waals surface area contributed by atoms with Gasteiger partial charge in [-0.15, -0.1) is 0 Å². The van der Waals surface area contributed by atoms with Crippen LogP contribution in [0.2, 0.25) is 0 Å². The van der Waals surface area contributed by atoms with Crippen molar-refractivity contribution in [2.24, 2.45) is 0 Å². The highest BCUT2D eigenvalue weighted by Gasteiger charge is 2.06. The summed E-state index contributed by atoms with van der Waals surface area (Å²) in [4.78, 5) is 24.9. The number of aromatic amines is 1. The van der Waals surface area contributed by atoms with Crippen molar-refractivity contribution in [3.8, 4) is 5.75 Å². The molecule has 1 aromatic heterocycles. The summed E-state index contributed by atoms with van der Waals surface area (Å²) in [5.41, 5.74) is -0.287. The van der Waals surface area contributed by atoms with Gasteiger partial charge in [0.1, 0.15) is 5.75 Å². The van der Waals surface area contributed by atoms with Crippen molar-refractivity contribution in [3.63, 3.8) is 0 Å². The molecular formula is C11H8NO4-. The van der Waals surface area contributed by atoms with Gasteiger partial charge >= 0.3 is 0 Å². The van der Waals surface area contributed by atoms with Gasteiger partial charge in [-0.25, -0.2) is 0 Å². The molecule has 0 atom stereocenters. The third-order valence-electron chi connectivity index (χ3n) is 2.27. The number of hydrogen-bond donors (Lipinski definition) is 1. The van der Waals surface area contributed by atoms with E-state index in [0.717, 1.165) is 6.07 Å². The van der Waals surface area contributed by atoms with Crippen molar-refractivity contribution >= 4 is 16.9 Å². The van der Waals surface area contributed by atoms with Crippen LogP contribution in [0.15, 0.2) is 29.1 Å². The summed E-state index contributed by atoms with van der Waals surface area (Å²) in [6, 6.07) is 5.89. The summed E-state index contributed by atoms with van der Waals surface area (Å²) in [6.45, 7) is 0. The standard InChI is InChI=1S/C11H9NO4/c1-16-9-4-2-3-6-8(13)5-7(11(14)15)12-10(6)9/h2-5H,1H3,(H,12,13)(H,14,15)/p-1. The van der Waals surface area contributed by atoms with E-state index in [0.29, 0.717) is 16.7 Å². The number of methoxy groups -OCH3 is 1. The number of nitrogens with one attached hydrogen (secondary N) is 1. The number of aromatic carboxylic acids is 1. The van der Waals surface area contributed by atoms with Gasteiger partial charge in [-0.2, -0.15) is 0 Å². The van der Waals surface area contributed by atoms with E-state index < -0.39 is 5.97 Å². The molecule has 0 aliphatic rings. The highest BCUT2D eigenvalue weighted by molar-refractivity contribution is 5.90. The number of rotatable bonds is 2. The van der Waals surface area contributed by atoms with E-state index in [4.69, 9.17) is 4.74 Å². The molecule has 0 amide bonds. The Hall–Kier alpha value is -2.30. The van der Waals surface area contributed by atoms with Crippen LogP contribution >= 0.6 is 0 Å². The highest BCUT2D eigenvalue weighted by atomic mass is 16.5. The molecule has 1 aromatic carbocycles. The molecule has 1 N–H and O–H groups in total. The first kappa shape index (κ1) is 10.2. The van der Waals surface area contributed by atoms with E-state index in [1.54, 1.807) is 18.2 Å². The summed E-state index contributed by atoms with van der Waals surface area (Å²) >= 11 is 0. The number of aromatic nitrogens is 1. The minimum Gasteiger partial charge on any atom is -0.543 e. The van der Waals surface area contributed by atoms with Crippen LogP contribution in [0.25, 0.3) is 10.9 Å². The number of pyridine rings is 1. The van der Waals surface area contributed by atoms with Gasteiger partial charge in [0.25, 0.3) is 0 Å².